The number of hydrogen-bond acceptors (Lipinski definition) is 6. The van der Waals surface area contributed by atoms with Gasteiger partial charge in [0.2, 0.25) is 0 Å². The molecule has 1 atom stereocenters. The van der Waals surface area contributed by atoms with E-state index >= 15 is 0 Å². The molecule has 12 heteroatoms. The number of halogens is 4. The molecule has 3 heterocycles. The molecule has 0 saturated carbocycles. The highest BCUT2D eigenvalue weighted by Crippen LogP contribution is 2.33. The number of hydrogen-bond donors (Lipinski definition) is 1. The smallest absolute Gasteiger partial charge is 0.383 e. The van der Waals surface area contributed by atoms with Gasteiger partial charge in [-0.1, -0.05) is 6.92 Å². The highest BCUT2D eigenvalue weighted by Gasteiger charge is 2.31. The van der Waals surface area contributed by atoms with Crippen LogP contribution in [-0.4, -0.2) is 41.2 Å². The number of nitrogens with zero attached hydrogens (tertiary/aromatic N) is 5. The van der Waals surface area contributed by atoms with Crippen molar-refractivity contribution in [3.63, 3.8) is 0 Å². The fourth-order valence-corrected chi connectivity index (χ4v) is 4.11. The van der Waals surface area contributed by atoms with Crippen molar-refractivity contribution in [3.05, 3.63) is 34.6 Å². The van der Waals surface area contributed by atoms with E-state index in [1.54, 1.807) is 20.0 Å². The van der Waals surface area contributed by atoms with E-state index in [1.165, 1.54) is 4.57 Å². The first-order valence-corrected chi connectivity index (χ1v) is 11.0. The lowest BCUT2D eigenvalue weighted by Gasteiger charge is -2.13. The lowest BCUT2D eigenvalue weighted by atomic mass is 10.2. The second-order valence-corrected chi connectivity index (χ2v) is 8.63. The van der Waals surface area contributed by atoms with Crippen molar-refractivity contribution in [1.29, 1.82) is 0 Å². The molecule has 0 radical (unpaired) electrons. The van der Waals surface area contributed by atoms with E-state index in [0.717, 1.165) is 18.3 Å². The first-order valence-electron chi connectivity index (χ1n) is 8.93. The van der Waals surface area contributed by atoms with Crippen LogP contribution in [0.1, 0.15) is 19.4 Å². The van der Waals surface area contributed by atoms with Crippen LogP contribution in [0.4, 0.5) is 18.9 Å². The Balaban J connectivity index is 2.14. The van der Waals surface area contributed by atoms with Crippen molar-refractivity contribution in [1.82, 2.24) is 24.7 Å². The van der Waals surface area contributed by atoms with E-state index in [9.17, 15) is 17.4 Å². The molecule has 0 saturated heterocycles. The maximum absolute atomic E-state index is 13.1. The maximum Gasteiger partial charge on any atom is 0.416 e. The van der Waals surface area contributed by atoms with Crippen LogP contribution in [0.2, 0.25) is 0 Å². The van der Waals surface area contributed by atoms with Gasteiger partial charge in [-0.05, 0) is 41.1 Å². The summed E-state index contributed by atoms with van der Waals surface area (Å²) in [6, 6.07) is 3.53. The van der Waals surface area contributed by atoms with Crippen LogP contribution >= 0.6 is 15.9 Å². The van der Waals surface area contributed by atoms with Crippen LogP contribution in [0.15, 0.2) is 33.9 Å². The van der Waals surface area contributed by atoms with Gasteiger partial charge in [-0.2, -0.15) is 13.2 Å². The fourth-order valence-electron chi connectivity index (χ4n) is 2.76. The SMILES string of the molecule is CCNc1cc(S(=O)CC)c(-c2nnc(-c3cc(C(F)(F)F)ccn3)n2C)nc1Br. The van der Waals surface area contributed by atoms with Gasteiger partial charge >= 0.3 is 6.18 Å². The Bertz CT molecular complexity index is 1100. The molecule has 1 unspecified atom stereocenters. The van der Waals surface area contributed by atoms with Gasteiger partial charge in [0.25, 0.3) is 0 Å². The molecule has 0 bridgehead atoms. The number of aromatic nitrogens is 5. The van der Waals surface area contributed by atoms with Crippen LogP contribution in [0, 0.1) is 0 Å². The minimum absolute atomic E-state index is 0.0209. The summed E-state index contributed by atoms with van der Waals surface area (Å²) in [5.41, 5.74) is 0.199. The Morgan fingerprint density at radius 1 is 1.20 bits per heavy atom. The topological polar surface area (TPSA) is 85.6 Å². The Kier molecular flexibility index (Phi) is 6.56. The first-order chi connectivity index (χ1) is 14.2. The van der Waals surface area contributed by atoms with Gasteiger partial charge in [-0.25, -0.2) is 4.98 Å². The van der Waals surface area contributed by atoms with Crippen LogP contribution in [0.25, 0.3) is 23.0 Å². The zero-order valence-electron chi connectivity index (χ0n) is 16.3. The molecule has 3 aromatic rings. The van der Waals surface area contributed by atoms with E-state index in [4.69, 9.17) is 0 Å². The van der Waals surface area contributed by atoms with E-state index < -0.39 is 22.5 Å². The van der Waals surface area contributed by atoms with Crippen molar-refractivity contribution >= 4 is 32.4 Å². The van der Waals surface area contributed by atoms with Crippen LogP contribution in [0.3, 0.4) is 0 Å². The maximum atomic E-state index is 13.1. The Morgan fingerprint density at radius 3 is 2.53 bits per heavy atom. The van der Waals surface area contributed by atoms with Gasteiger partial charge < -0.3 is 9.88 Å². The van der Waals surface area contributed by atoms with Gasteiger partial charge in [0.05, 0.1) is 26.9 Å². The van der Waals surface area contributed by atoms with Gasteiger partial charge in [-0.3, -0.25) is 9.19 Å². The zero-order chi connectivity index (χ0) is 22.1. The average molecular weight is 503 g/mol. The quantitative estimate of drug-likeness (QED) is 0.506. The number of pyridine rings is 2. The third-order valence-corrected chi connectivity index (χ3v) is 6.15. The fraction of sp³-hybridized carbons (Fsp3) is 0.333. The van der Waals surface area contributed by atoms with Crippen molar-refractivity contribution in [3.8, 4) is 23.0 Å². The molecule has 0 aliphatic carbocycles. The summed E-state index contributed by atoms with van der Waals surface area (Å²) in [5, 5.41) is 11.3. The predicted octanol–water partition coefficient (Wildman–Crippen LogP) is 4.28. The van der Waals surface area contributed by atoms with Gasteiger partial charge in [-0.15, -0.1) is 10.2 Å². The Hall–Kier alpha value is -2.34. The standard InChI is InChI=1S/C18H18BrF3N6OS/c1-4-23-11-9-13(30(29)5-2)14(25-15(11)19)17-27-26-16(28(17)3)12-8-10(6-7-24-12)18(20,21)22/h6-9,23H,4-5H2,1-3H3. The number of nitrogens with one attached hydrogen (secondary N) is 1. The van der Waals surface area contributed by atoms with Gasteiger partial charge in [0, 0.05) is 25.5 Å². The van der Waals surface area contributed by atoms with E-state index in [1.807, 2.05) is 6.92 Å². The molecule has 160 valence electrons. The molecule has 7 nitrogen and oxygen atoms in total. The minimum atomic E-state index is -4.50. The molecule has 1 N–H and O–H groups in total. The van der Waals surface area contributed by atoms with Crippen LogP contribution < -0.4 is 5.32 Å². The highest BCUT2D eigenvalue weighted by molar-refractivity contribution is 9.10. The average Bonchev–Trinajstić information content (AvgIpc) is 3.09. The second-order valence-electron chi connectivity index (χ2n) is 6.17. The molecule has 3 rings (SSSR count). The van der Waals surface area contributed by atoms with Crippen LogP contribution in [0.5, 0.6) is 0 Å². The van der Waals surface area contributed by atoms with Crippen molar-refractivity contribution in [2.24, 2.45) is 7.05 Å². The summed E-state index contributed by atoms with van der Waals surface area (Å²) in [6.45, 7) is 4.35. The highest BCUT2D eigenvalue weighted by atomic mass is 79.9. The molecule has 0 aliphatic heterocycles. The van der Waals surface area contributed by atoms with E-state index in [-0.39, 0.29) is 17.3 Å². The van der Waals surface area contributed by atoms with E-state index in [2.05, 4.69) is 41.4 Å². The monoisotopic (exact) mass is 502 g/mol. The number of rotatable bonds is 6. The molecule has 0 amide bonds. The van der Waals surface area contributed by atoms with Crippen molar-refractivity contribution in [2.75, 3.05) is 17.6 Å². The summed E-state index contributed by atoms with van der Waals surface area (Å²) >= 11 is 3.39. The lowest BCUT2D eigenvalue weighted by Crippen LogP contribution is -2.08. The second kappa shape index (κ2) is 8.80. The van der Waals surface area contributed by atoms with Crippen LogP contribution in [-0.2, 0) is 24.0 Å². The summed E-state index contributed by atoms with van der Waals surface area (Å²) in [4.78, 5) is 8.95. The first kappa shape index (κ1) is 22.3. The normalized spacial score (nSPS) is 12.8. The third kappa shape index (κ3) is 4.38. The molecule has 30 heavy (non-hydrogen) atoms. The summed E-state index contributed by atoms with van der Waals surface area (Å²) in [6.07, 6.45) is -3.43. The Labute approximate surface area is 181 Å². The molecule has 0 fully saturated rings. The van der Waals surface area contributed by atoms with E-state index in [0.29, 0.717) is 33.2 Å². The molecular weight excluding hydrogens is 485 g/mol. The predicted molar refractivity (Wildman–Crippen MR) is 111 cm³/mol. The number of alkyl halides is 3. The molecular formula is C18H18BrF3N6OS. The lowest BCUT2D eigenvalue weighted by molar-refractivity contribution is -0.137. The Morgan fingerprint density at radius 2 is 1.90 bits per heavy atom. The third-order valence-electron chi connectivity index (χ3n) is 4.22. The van der Waals surface area contributed by atoms with Gasteiger partial charge in [0.1, 0.15) is 16.0 Å². The molecule has 3 aromatic heterocycles. The molecule has 0 aliphatic rings. The minimum Gasteiger partial charge on any atom is -0.383 e. The van der Waals surface area contributed by atoms with Crippen molar-refractivity contribution < 1.29 is 17.4 Å². The summed E-state index contributed by atoms with van der Waals surface area (Å²) in [7, 11) is 0.244. The molecule has 0 spiro atoms. The number of anilines is 1. The van der Waals surface area contributed by atoms with Gasteiger partial charge in [0.15, 0.2) is 11.6 Å². The zero-order valence-corrected chi connectivity index (χ0v) is 18.7. The van der Waals surface area contributed by atoms with Crippen molar-refractivity contribution in [2.45, 2.75) is 24.9 Å². The summed E-state index contributed by atoms with van der Waals surface area (Å²) in [5.74, 6) is 0.768. The summed E-state index contributed by atoms with van der Waals surface area (Å²) < 4.78 is 53.8. The molecule has 0 aromatic carbocycles. The largest absolute Gasteiger partial charge is 0.416 e.